The van der Waals surface area contributed by atoms with Crippen LogP contribution in [0.15, 0.2) is 35.8 Å². The van der Waals surface area contributed by atoms with Gasteiger partial charge in [-0.3, -0.25) is 9.20 Å². The second-order valence-electron chi connectivity index (χ2n) is 5.14. The van der Waals surface area contributed by atoms with Gasteiger partial charge in [0.15, 0.2) is 10.7 Å². The summed E-state index contributed by atoms with van der Waals surface area (Å²) in [5.74, 6) is -0.296. The van der Waals surface area contributed by atoms with Crippen LogP contribution in [0.3, 0.4) is 0 Å². The molecule has 3 aromatic rings. The van der Waals surface area contributed by atoms with Crippen LogP contribution < -0.4 is 0 Å². The van der Waals surface area contributed by atoms with Crippen LogP contribution in [0.1, 0.15) is 16.1 Å². The van der Waals surface area contributed by atoms with Gasteiger partial charge in [-0.15, -0.1) is 11.3 Å². The summed E-state index contributed by atoms with van der Waals surface area (Å²) in [6.07, 6.45) is -2.65. The van der Waals surface area contributed by atoms with Crippen molar-refractivity contribution < 1.29 is 18.0 Å². The van der Waals surface area contributed by atoms with E-state index in [4.69, 9.17) is 0 Å². The van der Waals surface area contributed by atoms with Crippen molar-refractivity contribution in [3.8, 4) is 11.3 Å². The average Bonchev–Trinajstić information content (AvgIpc) is 3.05. The Labute approximate surface area is 133 Å². The first-order valence-electron chi connectivity index (χ1n) is 6.64. The lowest BCUT2D eigenvalue weighted by atomic mass is 10.1. The number of halogens is 3. The van der Waals surface area contributed by atoms with E-state index in [0.717, 1.165) is 12.1 Å². The van der Waals surface area contributed by atoms with Crippen molar-refractivity contribution in [2.24, 2.45) is 0 Å². The second-order valence-corrected chi connectivity index (χ2v) is 6.01. The molecular formula is C15H12F3N3OS. The number of alkyl halides is 3. The molecule has 23 heavy (non-hydrogen) atoms. The molecule has 2 heterocycles. The Morgan fingerprint density at radius 1 is 1.22 bits per heavy atom. The number of benzene rings is 1. The maximum atomic E-state index is 12.7. The molecule has 0 bridgehead atoms. The molecule has 0 N–H and O–H groups in total. The number of imidazole rings is 1. The minimum atomic E-state index is -4.39. The molecule has 8 heteroatoms. The van der Waals surface area contributed by atoms with E-state index in [1.54, 1.807) is 30.1 Å². The highest BCUT2D eigenvalue weighted by Gasteiger charge is 2.30. The van der Waals surface area contributed by atoms with E-state index in [1.807, 2.05) is 0 Å². The highest BCUT2D eigenvalue weighted by molar-refractivity contribution is 7.15. The van der Waals surface area contributed by atoms with E-state index < -0.39 is 11.7 Å². The van der Waals surface area contributed by atoms with Crippen LogP contribution in [0.4, 0.5) is 13.2 Å². The third kappa shape index (κ3) is 2.70. The smallest absolute Gasteiger partial charge is 0.343 e. The van der Waals surface area contributed by atoms with E-state index >= 15 is 0 Å². The Balaban J connectivity index is 2.16. The molecule has 0 saturated carbocycles. The van der Waals surface area contributed by atoms with Crippen LogP contribution in [-0.2, 0) is 6.18 Å². The summed E-state index contributed by atoms with van der Waals surface area (Å²) >= 11 is 1.35. The molecule has 0 fully saturated rings. The van der Waals surface area contributed by atoms with Crippen LogP contribution in [-0.4, -0.2) is 34.3 Å². The standard InChI is InChI=1S/C15H12F3N3OS/c1-20(2)13(22)11-12(21-7-8-23-14(21)19-11)9-3-5-10(6-4-9)15(16,17)18/h3-8H,1-2H3. The van der Waals surface area contributed by atoms with E-state index in [9.17, 15) is 18.0 Å². The summed E-state index contributed by atoms with van der Waals surface area (Å²) in [7, 11) is 3.21. The number of fused-ring (bicyclic) bond motifs is 1. The zero-order valence-corrected chi connectivity index (χ0v) is 13.1. The van der Waals surface area contributed by atoms with Crippen LogP contribution in [0.2, 0.25) is 0 Å². The molecule has 4 nitrogen and oxygen atoms in total. The Hall–Kier alpha value is -2.35. The Kier molecular flexibility index (Phi) is 3.63. The molecule has 0 radical (unpaired) electrons. The number of amides is 1. The fourth-order valence-corrected chi connectivity index (χ4v) is 2.95. The van der Waals surface area contributed by atoms with Crippen LogP contribution in [0.5, 0.6) is 0 Å². The lowest BCUT2D eigenvalue weighted by Gasteiger charge is -2.11. The van der Waals surface area contributed by atoms with Gasteiger partial charge in [0.1, 0.15) is 0 Å². The average molecular weight is 339 g/mol. The van der Waals surface area contributed by atoms with E-state index in [-0.39, 0.29) is 11.6 Å². The summed E-state index contributed by atoms with van der Waals surface area (Å²) in [5, 5.41) is 1.81. The number of thiazole rings is 1. The fraction of sp³-hybridized carbons (Fsp3) is 0.200. The quantitative estimate of drug-likeness (QED) is 0.712. The SMILES string of the molecule is CN(C)C(=O)c1nc2sccn2c1-c1ccc(C(F)(F)F)cc1. The number of carbonyl (C=O) groups is 1. The topological polar surface area (TPSA) is 37.6 Å². The first kappa shape index (κ1) is 15.5. The van der Waals surface area contributed by atoms with Gasteiger partial charge in [-0.2, -0.15) is 13.2 Å². The zero-order valence-electron chi connectivity index (χ0n) is 12.3. The van der Waals surface area contributed by atoms with Crippen molar-refractivity contribution in [2.45, 2.75) is 6.18 Å². The monoisotopic (exact) mass is 339 g/mol. The molecule has 0 atom stereocenters. The van der Waals surface area contributed by atoms with Gasteiger partial charge >= 0.3 is 6.18 Å². The molecule has 120 valence electrons. The van der Waals surface area contributed by atoms with Crippen molar-refractivity contribution in [1.82, 2.24) is 14.3 Å². The van der Waals surface area contributed by atoms with Gasteiger partial charge in [-0.05, 0) is 12.1 Å². The zero-order chi connectivity index (χ0) is 16.8. The van der Waals surface area contributed by atoms with Crippen molar-refractivity contribution in [3.05, 3.63) is 47.1 Å². The largest absolute Gasteiger partial charge is 0.416 e. The summed E-state index contributed by atoms with van der Waals surface area (Å²) in [6, 6.07) is 4.72. The number of hydrogen-bond acceptors (Lipinski definition) is 3. The van der Waals surface area contributed by atoms with E-state index in [2.05, 4.69) is 4.98 Å². The molecule has 3 rings (SSSR count). The van der Waals surface area contributed by atoms with Gasteiger partial charge in [0.05, 0.1) is 11.3 Å². The molecule has 0 aliphatic rings. The number of carbonyl (C=O) groups excluding carboxylic acids is 1. The van der Waals surface area contributed by atoms with Crippen LogP contribution in [0.25, 0.3) is 16.2 Å². The highest BCUT2D eigenvalue weighted by atomic mass is 32.1. The number of hydrogen-bond donors (Lipinski definition) is 0. The van der Waals surface area contributed by atoms with Gasteiger partial charge in [0.2, 0.25) is 0 Å². The molecule has 0 aliphatic carbocycles. The van der Waals surface area contributed by atoms with Gasteiger partial charge in [-0.25, -0.2) is 4.98 Å². The van der Waals surface area contributed by atoms with Crippen LogP contribution >= 0.6 is 11.3 Å². The van der Waals surface area contributed by atoms with E-state index in [0.29, 0.717) is 16.2 Å². The van der Waals surface area contributed by atoms with Gasteiger partial charge in [0.25, 0.3) is 5.91 Å². The second kappa shape index (κ2) is 5.38. The fourth-order valence-electron chi connectivity index (χ4n) is 2.24. The van der Waals surface area contributed by atoms with Crippen molar-refractivity contribution >= 4 is 22.2 Å². The summed E-state index contributed by atoms with van der Waals surface area (Å²) in [4.78, 5) is 18.6. The predicted octanol–water partition coefficient (Wildman–Crippen LogP) is 3.78. The normalized spacial score (nSPS) is 11.9. The molecule has 0 spiro atoms. The molecular weight excluding hydrogens is 327 g/mol. The molecule has 0 unspecified atom stereocenters. The maximum Gasteiger partial charge on any atom is 0.416 e. The summed E-state index contributed by atoms with van der Waals surface area (Å²) in [6.45, 7) is 0. The third-order valence-electron chi connectivity index (χ3n) is 3.36. The molecule has 0 aliphatic heterocycles. The first-order valence-corrected chi connectivity index (χ1v) is 7.52. The Morgan fingerprint density at radius 3 is 2.43 bits per heavy atom. The van der Waals surface area contributed by atoms with E-state index in [1.165, 1.54) is 28.4 Å². The number of aromatic nitrogens is 2. The first-order chi connectivity index (χ1) is 10.8. The van der Waals surface area contributed by atoms with Crippen LogP contribution in [0, 0.1) is 0 Å². The number of rotatable bonds is 2. The maximum absolute atomic E-state index is 12.7. The summed E-state index contributed by atoms with van der Waals surface area (Å²) < 4.78 is 39.8. The Morgan fingerprint density at radius 2 is 1.87 bits per heavy atom. The van der Waals surface area contributed by atoms with Gasteiger partial charge < -0.3 is 4.90 Å². The van der Waals surface area contributed by atoms with Crippen molar-refractivity contribution in [2.75, 3.05) is 14.1 Å². The molecule has 0 saturated heterocycles. The van der Waals surface area contributed by atoms with Crippen molar-refractivity contribution in [1.29, 1.82) is 0 Å². The lowest BCUT2D eigenvalue weighted by Crippen LogP contribution is -2.22. The highest BCUT2D eigenvalue weighted by Crippen LogP contribution is 2.33. The number of nitrogens with zero attached hydrogens (tertiary/aromatic N) is 3. The predicted molar refractivity (Wildman–Crippen MR) is 81.5 cm³/mol. The summed E-state index contributed by atoms with van der Waals surface area (Å²) in [5.41, 5.74) is 0.497. The third-order valence-corrected chi connectivity index (χ3v) is 4.11. The molecule has 1 amide bonds. The lowest BCUT2D eigenvalue weighted by molar-refractivity contribution is -0.137. The molecule has 1 aromatic carbocycles. The Bertz CT molecular complexity index is 862. The minimum absolute atomic E-state index is 0.224. The van der Waals surface area contributed by atoms with Crippen molar-refractivity contribution in [3.63, 3.8) is 0 Å². The van der Waals surface area contributed by atoms with Gasteiger partial charge in [0, 0.05) is 31.2 Å². The van der Waals surface area contributed by atoms with Gasteiger partial charge in [-0.1, -0.05) is 12.1 Å². The minimum Gasteiger partial charge on any atom is -0.343 e. The molecule has 2 aromatic heterocycles.